The molecule has 0 aliphatic rings. The van der Waals surface area contributed by atoms with Crippen LogP contribution in [0.15, 0.2) is 22.8 Å². The fourth-order valence-corrected chi connectivity index (χ4v) is 5.72. The molecule has 0 saturated carbocycles. The van der Waals surface area contributed by atoms with Crippen molar-refractivity contribution in [3.8, 4) is 0 Å². The first-order valence-corrected chi connectivity index (χ1v) is 16.1. The molecular formula is C27H37ClN4O8S2. The van der Waals surface area contributed by atoms with Crippen molar-refractivity contribution in [2.75, 3.05) is 17.8 Å². The van der Waals surface area contributed by atoms with E-state index < -0.39 is 39.5 Å². The highest BCUT2D eigenvalue weighted by Crippen LogP contribution is 2.38. The summed E-state index contributed by atoms with van der Waals surface area (Å²) < 4.78 is 45.1. The lowest BCUT2D eigenvalue weighted by molar-refractivity contribution is 0.0497. The molecule has 1 N–H and O–H groups in total. The van der Waals surface area contributed by atoms with Gasteiger partial charge in [-0.05, 0) is 84.2 Å². The van der Waals surface area contributed by atoms with Gasteiger partial charge in [-0.3, -0.25) is 9.08 Å². The summed E-state index contributed by atoms with van der Waals surface area (Å²) in [5.74, 6) is 0.747. The third kappa shape index (κ3) is 10.1. The highest BCUT2D eigenvalue weighted by Gasteiger charge is 2.30. The molecule has 3 rings (SSSR count). The Labute approximate surface area is 254 Å². The summed E-state index contributed by atoms with van der Waals surface area (Å²) in [6, 6.07) is 2.89. The van der Waals surface area contributed by atoms with Gasteiger partial charge < -0.3 is 19.2 Å². The van der Waals surface area contributed by atoms with E-state index in [0.29, 0.717) is 22.4 Å². The minimum atomic E-state index is -3.67. The van der Waals surface area contributed by atoms with Crippen molar-refractivity contribution < 1.29 is 36.1 Å². The van der Waals surface area contributed by atoms with Gasteiger partial charge in [-0.2, -0.15) is 13.4 Å². The number of thiophene rings is 1. The maximum Gasteiger partial charge on any atom is 0.416 e. The van der Waals surface area contributed by atoms with Crippen LogP contribution < -0.4 is 10.2 Å². The number of rotatable bonds is 10. The maximum absolute atomic E-state index is 13.4. The average Bonchev–Trinajstić information content (AvgIpc) is 3.42. The molecule has 0 aliphatic heterocycles. The van der Waals surface area contributed by atoms with Crippen molar-refractivity contribution in [2.45, 2.75) is 85.1 Å². The number of ether oxygens (including phenoxy) is 2. The van der Waals surface area contributed by atoms with E-state index in [-0.39, 0.29) is 30.7 Å². The van der Waals surface area contributed by atoms with Crippen LogP contribution >= 0.6 is 22.9 Å². The molecule has 1 atom stereocenters. The lowest BCUT2D eigenvalue weighted by Crippen LogP contribution is -2.40. The second-order valence-electron chi connectivity index (χ2n) is 11.7. The van der Waals surface area contributed by atoms with Gasteiger partial charge in [0, 0.05) is 17.3 Å². The van der Waals surface area contributed by atoms with E-state index in [2.05, 4.69) is 15.3 Å². The summed E-state index contributed by atoms with van der Waals surface area (Å²) in [6.45, 7) is 12.3. The molecule has 232 valence electrons. The van der Waals surface area contributed by atoms with Gasteiger partial charge in [0.1, 0.15) is 17.0 Å². The number of halogens is 1. The topological polar surface area (TPSA) is 150 Å². The number of carbonyl (C=O) groups excluding carboxylic acids is 2. The summed E-state index contributed by atoms with van der Waals surface area (Å²) in [5, 5.41) is 2.75. The Morgan fingerprint density at radius 2 is 1.81 bits per heavy atom. The minimum Gasteiger partial charge on any atom is -0.467 e. The lowest BCUT2D eigenvalue weighted by Gasteiger charge is -2.26. The normalized spacial score (nSPS) is 13.2. The van der Waals surface area contributed by atoms with Crippen LogP contribution in [0, 0.1) is 6.92 Å². The van der Waals surface area contributed by atoms with Gasteiger partial charge in [-0.1, -0.05) is 0 Å². The van der Waals surface area contributed by atoms with Crippen molar-refractivity contribution >= 4 is 61.3 Å². The Morgan fingerprint density at radius 3 is 2.38 bits per heavy atom. The summed E-state index contributed by atoms with van der Waals surface area (Å²) >= 11 is 7.68. The maximum atomic E-state index is 13.4. The van der Waals surface area contributed by atoms with Crippen molar-refractivity contribution in [2.24, 2.45) is 0 Å². The summed E-state index contributed by atoms with van der Waals surface area (Å²) in [4.78, 5) is 37.0. The number of furan rings is 1. The third-order valence-electron chi connectivity index (χ3n) is 5.50. The zero-order valence-electron chi connectivity index (χ0n) is 24.9. The van der Waals surface area contributed by atoms with E-state index in [9.17, 15) is 18.0 Å². The van der Waals surface area contributed by atoms with E-state index in [1.165, 1.54) is 22.5 Å². The van der Waals surface area contributed by atoms with Gasteiger partial charge in [0.2, 0.25) is 5.28 Å². The highest BCUT2D eigenvalue weighted by molar-refractivity contribution is 7.85. The van der Waals surface area contributed by atoms with Gasteiger partial charge in [0.05, 0.1) is 35.9 Å². The Kier molecular flexibility index (Phi) is 10.5. The first kappa shape index (κ1) is 33.6. The van der Waals surface area contributed by atoms with E-state index in [0.717, 1.165) is 16.7 Å². The van der Waals surface area contributed by atoms with Crippen LogP contribution in [0.2, 0.25) is 5.28 Å². The molecule has 42 heavy (non-hydrogen) atoms. The summed E-state index contributed by atoms with van der Waals surface area (Å²) in [5.41, 5.74) is -0.213. The molecule has 0 aromatic carbocycles. The van der Waals surface area contributed by atoms with Gasteiger partial charge in [-0.15, -0.1) is 11.3 Å². The number of hydrogen-bond donors (Lipinski definition) is 1. The van der Waals surface area contributed by atoms with Gasteiger partial charge in [0.15, 0.2) is 5.82 Å². The van der Waals surface area contributed by atoms with Crippen LogP contribution in [0.1, 0.15) is 64.2 Å². The predicted molar refractivity (Wildman–Crippen MR) is 161 cm³/mol. The quantitative estimate of drug-likeness (QED) is 0.206. The zero-order valence-corrected chi connectivity index (χ0v) is 27.3. The summed E-state index contributed by atoms with van der Waals surface area (Å²) in [6.07, 6.45) is 1.64. The van der Waals surface area contributed by atoms with E-state index in [1.54, 1.807) is 53.7 Å². The number of carbonyl (C=O) groups is 2. The molecule has 0 radical (unpaired) electrons. The van der Waals surface area contributed by atoms with Crippen LogP contribution in [0.25, 0.3) is 10.2 Å². The smallest absolute Gasteiger partial charge is 0.416 e. The monoisotopic (exact) mass is 644 g/mol. The zero-order chi connectivity index (χ0) is 31.5. The van der Waals surface area contributed by atoms with Gasteiger partial charge in [0.25, 0.3) is 10.1 Å². The number of alkyl carbamates (subject to hydrolysis) is 1. The second-order valence-corrected chi connectivity index (χ2v) is 14.7. The lowest BCUT2D eigenvalue weighted by atomic mass is 10.1. The number of aryl methyl sites for hydroxylation is 1. The number of aromatic nitrogens is 2. The molecule has 3 aromatic rings. The van der Waals surface area contributed by atoms with Crippen molar-refractivity contribution in [3.05, 3.63) is 39.9 Å². The molecular weight excluding hydrogens is 608 g/mol. The van der Waals surface area contributed by atoms with Gasteiger partial charge >= 0.3 is 12.2 Å². The van der Waals surface area contributed by atoms with Crippen LogP contribution in [-0.4, -0.2) is 60.7 Å². The molecule has 2 amide bonds. The number of anilines is 1. The van der Waals surface area contributed by atoms with Crippen LogP contribution in [0.4, 0.5) is 15.4 Å². The third-order valence-corrected chi connectivity index (χ3v) is 7.56. The number of nitrogens with one attached hydrogen (secondary N) is 1. The van der Waals surface area contributed by atoms with Crippen LogP contribution in [-0.2, 0) is 36.7 Å². The Morgan fingerprint density at radius 1 is 1.14 bits per heavy atom. The van der Waals surface area contributed by atoms with E-state index >= 15 is 0 Å². The minimum absolute atomic E-state index is 0.0301. The molecule has 12 nitrogen and oxygen atoms in total. The fourth-order valence-electron chi connectivity index (χ4n) is 3.84. The largest absolute Gasteiger partial charge is 0.467 e. The number of amides is 2. The molecule has 0 saturated heterocycles. The van der Waals surface area contributed by atoms with Crippen molar-refractivity contribution in [1.29, 1.82) is 0 Å². The molecule has 3 aromatic heterocycles. The SMILES string of the molecule is Cc1c(CC(CCOS(C)(=O)=O)NC(=O)OC(C)(C)C)sc2c(N(Cc3ccco3)C(=O)OC(C)(C)C)nc(Cl)nc12. The van der Waals surface area contributed by atoms with E-state index in [4.69, 9.17) is 29.7 Å². The predicted octanol–water partition coefficient (Wildman–Crippen LogP) is 5.99. The van der Waals surface area contributed by atoms with Crippen molar-refractivity contribution in [1.82, 2.24) is 15.3 Å². The Hall–Kier alpha value is -2.94. The molecule has 3 heterocycles. The molecule has 0 fully saturated rings. The number of fused-ring (bicyclic) bond motifs is 1. The molecule has 0 aliphatic carbocycles. The number of hydrogen-bond acceptors (Lipinski definition) is 11. The van der Waals surface area contributed by atoms with Crippen LogP contribution in [0.5, 0.6) is 0 Å². The molecule has 0 spiro atoms. The molecule has 0 bridgehead atoms. The van der Waals surface area contributed by atoms with E-state index in [1.807, 2.05) is 6.92 Å². The molecule has 15 heteroatoms. The first-order valence-electron chi connectivity index (χ1n) is 13.1. The van der Waals surface area contributed by atoms with Crippen LogP contribution in [0.3, 0.4) is 0 Å². The van der Waals surface area contributed by atoms with Gasteiger partial charge in [-0.25, -0.2) is 14.6 Å². The highest BCUT2D eigenvalue weighted by atomic mass is 35.5. The second kappa shape index (κ2) is 13.1. The standard InChI is InChI=1S/C27H37ClN4O8S2/c1-16-19(14-17(11-13-38-42(8,35)36)29-24(33)39-26(2,3)4)41-21-20(16)30-23(28)31-22(21)32(15-18-10-9-12-37-18)25(34)40-27(5,6)7/h9-10,12,17H,11,13-15H2,1-8H3,(H,29,33). The average molecular weight is 645 g/mol. The number of nitrogens with zero attached hydrogens (tertiary/aromatic N) is 3. The Bertz CT molecular complexity index is 1510. The first-order chi connectivity index (χ1) is 19.3. The Balaban J connectivity index is 2.02. The fraction of sp³-hybridized carbons (Fsp3) is 0.556. The van der Waals surface area contributed by atoms with Crippen molar-refractivity contribution in [3.63, 3.8) is 0 Å². The molecule has 1 unspecified atom stereocenters. The summed E-state index contributed by atoms with van der Waals surface area (Å²) in [7, 11) is -3.67.